The smallest absolute Gasteiger partial charge is 0.261 e. The first-order valence-corrected chi connectivity index (χ1v) is 8.14. The molecular weight excluding hydrogens is 301 g/mol. The molecule has 2 aromatic carbocycles. The van der Waals surface area contributed by atoms with E-state index < -0.39 is 0 Å². The van der Waals surface area contributed by atoms with Crippen molar-refractivity contribution in [2.45, 2.75) is 5.37 Å². The molecule has 3 rings (SSSR count). The molecule has 1 aliphatic rings. The third-order valence-electron chi connectivity index (χ3n) is 3.49. The number of halogens is 1. The van der Waals surface area contributed by atoms with Gasteiger partial charge in [-0.1, -0.05) is 36.4 Å². The highest BCUT2D eigenvalue weighted by atomic mass is 32.2. The summed E-state index contributed by atoms with van der Waals surface area (Å²) in [6.45, 7) is 0.580. The van der Waals surface area contributed by atoms with Crippen molar-refractivity contribution < 1.29 is 13.9 Å². The van der Waals surface area contributed by atoms with Gasteiger partial charge in [-0.05, 0) is 18.2 Å². The van der Waals surface area contributed by atoms with E-state index in [1.807, 2.05) is 18.2 Å². The summed E-state index contributed by atoms with van der Waals surface area (Å²) in [6.07, 6.45) is 0. The van der Waals surface area contributed by atoms with E-state index in [1.54, 1.807) is 47.0 Å². The second-order valence-corrected chi connectivity index (χ2v) is 6.12. The first-order chi connectivity index (χ1) is 10.8. The fraction of sp³-hybridized carbons (Fsp3) is 0.235. The number of hydrogen-bond donors (Lipinski definition) is 0. The number of rotatable bonds is 4. The topological polar surface area (TPSA) is 29.5 Å². The van der Waals surface area contributed by atoms with Crippen LogP contribution in [0.2, 0.25) is 0 Å². The number of thioether (sulfide) groups is 1. The number of benzene rings is 2. The van der Waals surface area contributed by atoms with Gasteiger partial charge in [0.15, 0.2) is 6.61 Å². The fourth-order valence-electron chi connectivity index (χ4n) is 2.40. The average Bonchev–Trinajstić information content (AvgIpc) is 3.03. The van der Waals surface area contributed by atoms with Gasteiger partial charge in [0.2, 0.25) is 0 Å². The first kappa shape index (κ1) is 14.9. The van der Waals surface area contributed by atoms with Gasteiger partial charge in [-0.25, -0.2) is 4.39 Å². The largest absolute Gasteiger partial charge is 0.484 e. The van der Waals surface area contributed by atoms with E-state index in [9.17, 15) is 9.18 Å². The van der Waals surface area contributed by atoms with Gasteiger partial charge < -0.3 is 9.64 Å². The monoisotopic (exact) mass is 317 g/mol. The molecule has 1 atom stereocenters. The molecule has 1 saturated heterocycles. The Labute approximate surface area is 133 Å². The standard InChI is InChI=1S/C17H16FNO2S/c18-15-9-5-4-8-14(15)17-19(10-11-22-17)16(20)12-21-13-6-2-1-3-7-13/h1-9,17H,10-12H2. The molecule has 5 heteroatoms. The molecule has 0 N–H and O–H groups in total. The highest BCUT2D eigenvalue weighted by molar-refractivity contribution is 7.99. The van der Waals surface area contributed by atoms with Crippen molar-refractivity contribution in [3.63, 3.8) is 0 Å². The molecule has 1 amide bonds. The van der Waals surface area contributed by atoms with Crippen molar-refractivity contribution in [3.05, 3.63) is 66.0 Å². The Bertz CT molecular complexity index is 650. The second kappa shape index (κ2) is 6.83. The van der Waals surface area contributed by atoms with E-state index >= 15 is 0 Å². The third-order valence-corrected chi connectivity index (χ3v) is 4.73. The zero-order valence-electron chi connectivity index (χ0n) is 11.9. The molecule has 1 heterocycles. The van der Waals surface area contributed by atoms with Crippen LogP contribution in [0.5, 0.6) is 5.75 Å². The van der Waals surface area contributed by atoms with E-state index in [2.05, 4.69) is 0 Å². The minimum absolute atomic E-state index is 0.0322. The van der Waals surface area contributed by atoms with Crippen LogP contribution in [0.3, 0.4) is 0 Å². The van der Waals surface area contributed by atoms with Crippen LogP contribution in [0, 0.1) is 5.82 Å². The van der Waals surface area contributed by atoms with Crippen LogP contribution in [0.1, 0.15) is 10.9 Å². The van der Waals surface area contributed by atoms with Crippen LogP contribution in [0.25, 0.3) is 0 Å². The van der Waals surface area contributed by atoms with Gasteiger partial charge in [0.05, 0.1) is 0 Å². The molecule has 0 radical (unpaired) electrons. The lowest BCUT2D eigenvalue weighted by Gasteiger charge is -2.24. The van der Waals surface area contributed by atoms with Crippen LogP contribution in [0.15, 0.2) is 54.6 Å². The Hall–Kier alpha value is -2.01. The van der Waals surface area contributed by atoms with Crippen LogP contribution in [0.4, 0.5) is 4.39 Å². The average molecular weight is 317 g/mol. The maximum absolute atomic E-state index is 13.9. The summed E-state index contributed by atoms with van der Waals surface area (Å²) >= 11 is 1.58. The van der Waals surface area contributed by atoms with Crippen molar-refractivity contribution in [1.82, 2.24) is 4.90 Å². The van der Waals surface area contributed by atoms with Crippen molar-refractivity contribution in [2.24, 2.45) is 0 Å². The summed E-state index contributed by atoms with van der Waals surface area (Å²) in [5.41, 5.74) is 0.554. The SMILES string of the molecule is O=C(COc1ccccc1)N1CCSC1c1ccccc1F. The molecule has 3 nitrogen and oxygen atoms in total. The lowest BCUT2D eigenvalue weighted by Crippen LogP contribution is -2.34. The number of para-hydroxylation sites is 1. The molecule has 0 saturated carbocycles. The van der Waals surface area contributed by atoms with Crippen molar-refractivity contribution in [2.75, 3.05) is 18.9 Å². The number of ether oxygens (including phenoxy) is 1. The van der Waals surface area contributed by atoms with Crippen LogP contribution in [-0.2, 0) is 4.79 Å². The first-order valence-electron chi connectivity index (χ1n) is 7.09. The van der Waals surface area contributed by atoms with Crippen molar-refractivity contribution in [3.8, 4) is 5.75 Å². The minimum Gasteiger partial charge on any atom is -0.484 e. The normalized spacial score (nSPS) is 17.5. The maximum atomic E-state index is 13.9. The molecule has 114 valence electrons. The third kappa shape index (κ3) is 3.25. The van der Waals surface area contributed by atoms with E-state index in [0.717, 1.165) is 5.75 Å². The predicted octanol–water partition coefficient (Wildman–Crippen LogP) is 3.48. The number of nitrogens with zero attached hydrogens (tertiary/aromatic N) is 1. The molecule has 2 aromatic rings. The van der Waals surface area contributed by atoms with Crippen molar-refractivity contribution >= 4 is 17.7 Å². The number of amides is 1. The number of carbonyl (C=O) groups is 1. The molecule has 0 aromatic heterocycles. The van der Waals surface area contributed by atoms with Gasteiger partial charge in [0.1, 0.15) is 16.9 Å². The van der Waals surface area contributed by atoms with E-state index in [-0.39, 0.29) is 23.7 Å². The molecule has 1 unspecified atom stereocenters. The minimum atomic E-state index is -0.274. The van der Waals surface area contributed by atoms with Gasteiger partial charge in [0, 0.05) is 17.9 Å². The van der Waals surface area contributed by atoms with Crippen LogP contribution in [-0.4, -0.2) is 29.7 Å². The van der Waals surface area contributed by atoms with E-state index in [0.29, 0.717) is 17.9 Å². The van der Waals surface area contributed by atoms with Gasteiger partial charge in [-0.15, -0.1) is 11.8 Å². The van der Waals surface area contributed by atoms with Gasteiger partial charge in [0.25, 0.3) is 5.91 Å². The lowest BCUT2D eigenvalue weighted by atomic mass is 10.2. The summed E-state index contributed by atoms with van der Waals surface area (Å²) in [6, 6.07) is 15.8. The molecule has 0 aliphatic carbocycles. The number of carbonyl (C=O) groups excluding carboxylic acids is 1. The quantitative estimate of drug-likeness (QED) is 0.864. The van der Waals surface area contributed by atoms with Crippen LogP contribution >= 0.6 is 11.8 Å². The Kier molecular flexibility index (Phi) is 4.63. The Morgan fingerprint density at radius 1 is 1.18 bits per heavy atom. The van der Waals surface area contributed by atoms with Gasteiger partial charge >= 0.3 is 0 Å². The summed E-state index contributed by atoms with van der Waals surface area (Å²) in [4.78, 5) is 14.1. The number of hydrogen-bond acceptors (Lipinski definition) is 3. The fourth-order valence-corrected chi connectivity index (χ4v) is 3.70. The summed E-state index contributed by atoms with van der Waals surface area (Å²) < 4.78 is 19.4. The second-order valence-electron chi connectivity index (χ2n) is 4.93. The summed E-state index contributed by atoms with van der Waals surface area (Å²) in [5, 5.41) is -0.270. The van der Waals surface area contributed by atoms with E-state index in [1.165, 1.54) is 6.07 Å². The molecule has 0 bridgehead atoms. The van der Waals surface area contributed by atoms with Crippen LogP contribution < -0.4 is 4.74 Å². The molecule has 22 heavy (non-hydrogen) atoms. The lowest BCUT2D eigenvalue weighted by molar-refractivity contribution is -0.133. The summed E-state index contributed by atoms with van der Waals surface area (Å²) in [7, 11) is 0. The maximum Gasteiger partial charge on any atom is 0.261 e. The predicted molar refractivity (Wildman–Crippen MR) is 85.2 cm³/mol. The zero-order chi connectivity index (χ0) is 15.4. The Balaban J connectivity index is 1.68. The zero-order valence-corrected chi connectivity index (χ0v) is 12.8. The Morgan fingerprint density at radius 3 is 2.68 bits per heavy atom. The van der Waals surface area contributed by atoms with E-state index in [4.69, 9.17) is 4.74 Å². The molecule has 0 spiro atoms. The Morgan fingerprint density at radius 2 is 1.91 bits per heavy atom. The highest BCUT2D eigenvalue weighted by Gasteiger charge is 2.32. The molecular formula is C17H16FNO2S. The van der Waals surface area contributed by atoms with Crippen molar-refractivity contribution in [1.29, 1.82) is 0 Å². The molecule has 1 aliphatic heterocycles. The van der Waals surface area contributed by atoms with Gasteiger partial charge in [-0.3, -0.25) is 4.79 Å². The molecule has 1 fully saturated rings. The highest BCUT2D eigenvalue weighted by Crippen LogP contribution is 2.38. The summed E-state index contributed by atoms with van der Waals surface area (Å²) in [5.74, 6) is 1.06. The van der Waals surface area contributed by atoms with Gasteiger partial charge in [-0.2, -0.15) is 0 Å².